The zero-order chi connectivity index (χ0) is 8.85. The first-order valence-electron chi connectivity index (χ1n) is 3.28. The van der Waals surface area contributed by atoms with E-state index in [-0.39, 0.29) is 18.5 Å². The molecule has 0 aliphatic carbocycles. The molecule has 0 unspecified atom stereocenters. The van der Waals surface area contributed by atoms with E-state index in [2.05, 4.69) is 5.32 Å². The molecule has 0 spiro atoms. The molecule has 0 aromatic heterocycles. The summed E-state index contributed by atoms with van der Waals surface area (Å²) < 4.78 is 0. The Hall–Kier alpha value is -1.26. The molecule has 0 fully saturated rings. The fraction of sp³-hybridized carbons (Fsp3) is 0.667. The molecule has 0 aromatic carbocycles. The van der Waals surface area contributed by atoms with Crippen LogP contribution in [0.2, 0.25) is 0 Å². The second kappa shape index (κ2) is 4.54. The minimum atomic E-state index is -1.19. The van der Waals surface area contributed by atoms with E-state index in [0.29, 0.717) is 0 Å². The summed E-state index contributed by atoms with van der Waals surface area (Å²) in [6, 6.07) is 0.0399. The second-order valence-corrected chi connectivity index (χ2v) is 2.38. The number of carbonyl (C=O) groups excluding carboxylic acids is 1. The maximum Gasteiger partial charge on any atom is 0.405 e. The van der Waals surface area contributed by atoms with Crippen LogP contribution < -0.4 is 10.6 Å². The van der Waals surface area contributed by atoms with Gasteiger partial charge in [-0.3, -0.25) is 4.79 Å². The van der Waals surface area contributed by atoms with Crippen molar-refractivity contribution in [1.82, 2.24) is 10.6 Å². The van der Waals surface area contributed by atoms with E-state index in [1.165, 1.54) is 0 Å². The number of rotatable bonds is 3. The van der Waals surface area contributed by atoms with Crippen LogP contribution in [-0.2, 0) is 4.79 Å². The van der Waals surface area contributed by atoms with Gasteiger partial charge >= 0.3 is 6.09 Å². The van der Waals surface area contributed by atoms with E-state index >= 15 is 0 Å². The van der Waals surface area contributed by atoms with E-state index in [0.717, 1.165) is 0 Å². The fourth-order valence-electron chi connectivity index (χ4n) is 0.529. The third kappa shape index (κ3) is 6.63. The van der Waals surface area contributed by atoms with Gasteiger partial charge in [0.2, 0.25) is 5.91 Å². The summed E-state index contributed by atoms with van der Waals surface area (Å²) in [5.41, 5.74) is 0. The minimum absolute atomic E-state index is 0.0399. The van der Waals surface area contributed by atoms with Crippen molar-refractivity contribution in [1.29, 1.82) is 0 Å². The van der Waals surface area contributed by atoms with Crippen LogP contribution in [-0.4, -0.2) is 29.7 Å². The zero-order valence-corrected chi connectivity index (χ0v) is 6.55. The Morgan fingerprint density at radius 3 is 2.36 bits per heavy atom. The van der Waals surface area contributed by atoms with Crippen LogP contribution >= 0.6 is 0 Å². The molecule has 0 aliphatic rings. The summed E-state index contributed by atoms with van der Waals surface area (Å²) >= 11 is 0. The molecule has 0 aliphatic heterocycles. The molecule has 0 heterocycles. The number of nitrogens with one attached hydrogen (secondary N) is 2. The van der Waals surface area contributed by atoms with E-state index in [1.54, 1.807) is 13.8 Å². The van der Waals surface area contributed by atoms with E-state index in [1.807, 2.05) is 5.32 Å². The number of hydrogen-bond donors (Lipinski definition) is 3. The van der Waals surface area contributed by atoms with Crippen LogP contribution in [0.25, 0.3) is 0 Å². The number of amides is 2. The fourth-order valence-corrected chi connectivity index (χ4v) is 0.529. The van der Waals surface area contributed by atoms with Gasteiger partial charge in [-0.15, -0.1) is 0 Å². The lowest BCUT2D eigenvalue weighted by atomic mass is 10.4. The first kappa shape index (κ1) is 9.74. The summed E-state index contributed by atoms with van der Waals surface area (Å²) in [5.74, 6) is -0.317. The number of carboxylic acid groups (broad SMARTS) is 1. The Morgan fingerprint density at radius 2 is 2.00 bits per heavy atom. The van der Waals surface area contributed by atoms with Gasteiger partial charge in [-0.2, -0.15) is 0 Å². The Labute approximate surface area is 64.8 Å². The highest BCUT2D eigenvalue weighted by Crippen LogP contribution is 1.75. The van der Waals surface area contributed by atoms with Gasteiger partial charge in [0.05, 0.1) is 6.54 Å². The molecule has 5 heteroatoms. The van der Waals surface area contributed by atoms with Crippen molar-refractivity contribution in [3.05, 3.63) is 0 Å². The van der Waals surface area contributed by atoms with Gasteiger partial charge in [0.1, 0.15) is 0 Å². The molecule has 64 valence electrons. The summed E-state index contributed by atoms with van der Waals surface area (Å²) in [5, 5.41) is 12.6. The van der Waals surface area contributed by atoms with Crippen LogP contribution in [0.4, 0.5) is 4.79 Å². The first-order chi connectivity index (χ1) is 5.02. The Kier molecular flexibility index (Phi) is 4.02. The van der Waals surface area contributed by atoms with Crippen molar-refractivity contribution in [2.24, 2.45) is 0 Å². The Balaban J connectivity index is 3.45. The van der Waals surface area contributed by atoms with Crippen molar-refractivity contribution in [2.75, 3.05) is 6.54 Å². The molecule has 3 N–H and O–H groups in total. The average Bonchev–Trinajstić information content (AvgIpc) is 1.82. The van der Waals surface area contributed by atoms with Gasteiger partial charge < -0.3 is 15.7 Å². The minimum Gasteiger partial charge on any atom is -0.465 e. The third-order valence-corrected chi connectivity index (χ3v) is 0.850. The molecule has 0 rings (SSSR count). The largest absolute Gasteiger partial charge is 0.465 e. The SMILES string of the molecule is CC(C)NC(=O)CNC(=O)O. The number of hydrogen-bond acceptors (Lipinski definition) is 2. The van der Waals surface area contributed by atoms with Gasteiger partial charge in [-0.1, -0.05) is 0 Å². The smallest absolute Gasteiger partial charge is 0.405 e. The lowest BCUT2D eigenvalue weighted by Crippen LogP contribution is -2.39. The van der Waals surface area contributed by atoms with Gasteiger partial charge in [-0.25, -0.2) is 4.79 Å². The average molecular weight is 160 g/mol. The van der Waals surface area contributed by atoms with Crippen molar-refractivity contribution < 1.29 is 14.7 Å². The van der Waals surface area contributed by atoms with Crippen LogP contribution in [0, 0.1) is 0 Å². The lowest BCUT2D eigenvalue weighted by molar-refractivity contribution is -0.120. The van der Waals surface area contributed by atoms with Crippen molar-refractivity contribution in [3.8, 4) is 0 Å². The molecule has 0 saturated carbocycles. The first-order valence-corrected chi connectivity index (χ1v) is 3.28. The predicted octanol–water partition coefficient (Wildman–Crippen LogP) is -0.221. The lowest BCUT2D eigenvalue weighted by Gasteiger charge is -2.07. The van der Waals surface area contributed by atoms with Crippen LogP contribution in [0.15, 0.2) is 0 Å². The number of carbonyl (C=O) groups is 2. The Morgan fingerprint density at radius 1 is 1.45 bits per heavy atom. The highest BCUT2D eigenvalue weighted by Gasteiger charge is 2.03. The van der Waals surface area contributed by atoms with Gasteiger partial charge in [0.25, 0.3) is 0 Å². The Bertz CT molecular complexity index is 156. The van der Waals surface area contributed by atoms with Crippen molar-refractivity contribution in [3.63, 3.8) is 0 Å². The summed E-state index contributed by atoms with van der Waals surface area (Å²) in [7, 11) is 0. The molecule has 11 heavy (non-hydrogen) atoms. The normalized spacial score (nSPS) is 9.36. The van der Waals surface area contributed by atoms with Crippen LogP contribution in [0.5, 0.6) is 0 Å². The molecule has 2 amide bonds. The highest BCUT2D eigenvalue weighted by molar-refractivity contribution is 5.81. The molecular weight excluding hydrogens is 148 g/mol. The van der Waals surface area contributed by atoms with Crippen molar-refractivity contribution in [2.45, 2.75) is 19.9 Å². The molecule has 0 aromatic rings. The van der Waals surface area contributed by atoms with Crippen LogP contribution in [0.3, 0.4) is 0 Å². The molecule has 0 saturated heterocycles. The van der Waals surface area contributed by atoms with Gasteiger partial charge in [-0.05, 0) is 13.8 Å². The summed E-state index contributed by atoms with van der Waals surface area (Å²) in [6.07, 6.45) is -1.19. The summed E-state index contributed by atoms with van der Waals surface area (Å²) in [4.78, 5) is 20.6. The summed E-state index contributed by atoms with van der Waals surface area (Å²) in [6.45, 7) is 3.42. The molecule has 0 atom stereocenters. The van der Waals surface area contributed by atoms with E-state index < -0.39 is 6.09 Å². The predicted molar refractivity (Wildman–Crippen MR) is 39.3 cm³/mol. The molecule has 0 radical (unpaired) electrons. The topological polar surface area (TPSA) is 78.4 Å². The maximum atomic E-state index is 10.7. The standard InChI is InChI=1S/C6H12N2O3/c1-4(2)8-5(9)3-7-6(10)11/h4,7H,3H2,1-2H3,(H,8,9)(H,10,11). The van der Waals surface area contributed by atoms with Crippen molar-refractivity contribution >= 4 is 12.0 Å². The maximum absolute atomic E-state index is 10.7. The third-order valence-electron chi connectivity index (χ3n) is 0.850. The van der Waals surface area contributed by atoms with E-state index in [4.69, 9.17) is 5.11 Å². The van der Waals surface area contributed by atoms with Crippen LogP contribution in [0.1, 0.15) is 13.8 Å². The molecule has 5 nitrogen and oxygen atoms in total. The van der Waals surface area contributed by atoms with Gasteiger partial charge in [0.15, 0.2) is 0 Å². The van der Waals surface area contributed by atoms with Gasteiger partial charge in [0, 0.05) is 6.04 Å². The highest BCUT2D eigenvalue weighted by atomic mass is 16.4. The quantitative estimate of drug-likeness (QED) is 0.534. The zero-order valence-electron chi connectivity index (χ0n) is 6.55. The second-order valence-electron chi connectivity index (χ2n) is 2.38. The molecule has 0 bridgehead atoms. The monoisotopic (exact) mass is 160 g/mol. The van der Waals surface area contributed by atoms with E-state index in [9.17, 15) is 9.59 Å². The molecular formula is C6H12N2O3.